The minimum Gasteiger partial charge on any atom is -0.508 e. The summed E-state index contributed by atoms with van der Waals surface area (Å²) in [5.74, 6) is 0.290. The van der Waals surface area contributed by atoms with E-state index in [1.807, 2.05) is 29.4 Å². The molecule has 1 aromatic rings. The molecule has 0 radical (unpaired) electrons. The maximum atomic E-state index is 9.09. The molecule has 0 fully saturated rings. The van der Waals surface area contributed by atoms with E-state index in [-0.39, 0.29) is 0 Å². The highest BCUT2D eigenvalue weighted by atomic mass is 16.3. The third kappa shape index (κ3) is 1.69. The molecule has 1 N–H and O–H groups in total. The van der Waals surface area contributed by atoms with Crippen molar-refractivity contribution in [2.24, 2.45) is 4.99 Å². The molecule has 0 spiro atoms. The Hall–Kier alpha value is -1.77. The van der Waals surface area contributed by atoms with Crippen LogP contribution in [0.15, 0.2) is 41.7 Å². The van der Waals surface area contributed by atoms with Gasteiger partial charge in [0.15, 0.2) is 0 Å². The van der Waals surface area contributed by atoms with E-state index in [2.05, 4.69) is 4.99 Å². The van der Waals surface area contributed by atoms with Crippen LogP contribution in [-0.2, 0) is 0 Å². The molecule has 1 aliphatic rings. The first-order valence-electron chi connectivity index (χ1n) is 4.10. The van der Waals surface area contributed by atoms with Crippen LogP contribution >= 0.6 is 0 Å². The van der Waals surface area contributed by atoms with Crippen LogP contribution in [0.1, 0.15) is 0 Å². The van der Waals surface area contributed by atoms with Crippen LogP contribution in [0, 0.1) is 0 Å². The number of phenolic OH excluding ortho intramolecular Hbond substituents is 1. The van der Waals surface area contributed by atoms with Crippen molar-refractivity contribution >= 4 is 11.9 Å². The highest BCUT2D eigenvalue weighted by molar-refractivity contribution is 5.69. The van der Waals surface area contributed by atoms with Crippen molar-refractivity contribution in [3.05, 3.63) is 36.7 Å². The average Bonchev–Trinajstić information content (AvgIpc) is 2.20. The molecule has 0 saturated carbocycles. The summed E-state index contributed by atoms with van der Waals surface area (Å²) in [4.78, 5) is 6.02. The number of rotatable bonds is 1. The van der Waals surface area contributed by atoms with Crippen LogP contribution in [0.25, 0.3) is 0 Å². The summed E-state index contributed by atoms with van der Waals surface area (Å²) in [5, 5.41) is 9.09. The Morgan fingerprint density at radius 1 is 1.23 bits per heavy atom. The lowest BCUT2D eigenvalue weighted by Crippen LogP contribution is -2.19. The number of aliphatic imine (C=N–C) groups is 1. The molecule has 1 heterocycles. The minimum atomic E-state index is 0.290. The number of nitrogens with zero attached hydrogens (tertiary/aromatic N) is 2. The molecule has 0 bridgehead atoms. The van der Waals surface area contributed by atoms with Crippen molar-refractivity contribution in [2.45, 2.75) is 0 Å². The van der Waals surface area contributed by atoms with E-state index in [1.165, 1.54) is 0 Å². The zero-order valence-electron chi connectivity index (χ0n) is 7.09. The van der Waals surface area contributed by atoms with E-state index in [0.717, 1.165) is 12.2 Å². The monoisotopic (exact) mass is 174 g/mol. The smallest absolute Gasteiger partial charge is 0.115 e. The second-order valence-electron chi connectivity index (χ2n) is 2.80. The maximum absolute atomic E-state index is 9.09. The molecule has 0 aromatic heterocycles. The highest BCUT2D eigenvalue weighted by Crippen LogP contribution is 2.18. The van der Waals surface area contributed by atoms with E-state index in [0.29, 0.717) is 5.75 Å². The van der Waals surface area contributed by atoms with Gasteiger partial charge in [-0.05, 0) is 24.3 Å². The first-order chi connectivity index (χ1) is 6.36. The van der Waals surface area contributed by atoms with Crippen LogP contribution in [0.2, 0.25) is 0 Å². The second kappa shape index (κ2) is 3.31. The van der Waals surface area contributed by atoms with Crippen molar-refractivity contribution in [2.75, 3.05) is 11.4 Å². The Balaban J connectivity index is 2.21. The van der Waals surface area contributed by atoms with Crippen molar-refractivity contribution < 1.29 is 5.11 Å². The molecule has 0 saturated heterocycles. The van der Waals surface area contributed by atoms with Crippen LogP contribution < -0.4 is 4.90 Å². The van der Waals surface area contributed by atoms with Gasteiger partial charge < -0.3 is 10.0 Å². The van der Waals surface area contributed by atoms with Gasteiger partial charge in [0, 0.05) is 24.3 Å². The van der Waals surface area contributed by atoms with Crippen molar-refractivity contribution in [3.8, 4) is 5.75 Å². The summed E-state index contributed by atoms with van der Waals surface area (Å²) >= 11 is 0. The van der Waals surface area contributed by atoms with Gasteiger partial charge in [0.25, 0.3) is 0 Å². The lowest BCUT2D eigenvalue weighted by atomic mass is 10.3. The maximum Gasteiger partial charge on any atom is 0.115 e. The number of hydrogen-bond acceptors (Lipinski definition) is 3. The summed E-state index contributed by atoms with van der Waals surface area (Å²) in [6.07, 6.45) is 5.50. The Kier molecular flexibility index (Phi) is 2.00. The quantitative estimate of drug-likeness (QED) is 0.704. The summed E-state index contributed by atoms with van der Waals surface area (Å²) in [6, 6.07) is 7.10. The standard InChI is InChI=1S/C10H10N2O/c13-10-3-1-9(2-4-10)12-7-5-11-6-8-12/h1-7,13H,8H2. The van der Waals surface area contributed by atoms with Gasteiger partial charge in [0.2, 0.25) is 0 Å². The molecular formula is C10H10N2O. The first kappa shape index (κ1) is 7.86. The van der Waals surface area contributed by atoms with Gasteiger partial charge in [0.1, 0.15) is 5.75 Å². The zero-order chi connectivity index (χ0) is 9.10. The molecule has 1 aromatic carbocycles. The van der Waals surface area contributed by atoms with E-state index < -0.39 is 0 Å². The SMILES string of the molecule is Oc1ccc(N2C=CN=CC2)cc1. The fourth-order valence-electron chi connectivity index (χ4n) is 1.21. The van der Waals surface area contributed by atoms with Crippen molar-refractivity contribution in [1.29, 1.82) is 0 Å². The van der Waals surface area contributed by atoms with Gasteiger partial charge in [0.05, 0.1) is 6.54 Å². The highest BCUT2D eigenvalue weighted by Gasteiger charge is 2.02. The van der Waals surface area contributed by atoms with Gasteiger partial charge in [-0.15, -0.1) is 0 Å². The van der Waals surface area contributed by atoms with Gasteiger partial charge in [-0.2, -0.15) is 0 Å². The molecular weight excluding hydrogens is 164 g/mol. The molecule has 0 amide bonds. The largest absolute Gasteiger partial charge is 0.508 e. The normalized spacial score (nSPS) is 14.9. The van der Waals surface area contributed by atoms with Crippen LogP contribution in [0.5, 0.6) is 5.75 Å². The van der Waals surface area contributed by atoms with Gasteiger partial charge in [-0.3, -0.25) is 4.99 Å². The van der Waals surface area contributed by atoms with Gasteiger partial charge in [-0.25, -0.2) is 0 Å². The van der Waals surface area contributed by atoms with E-state index in [1.54, 1.807) is 18.3 Å². The predicted molar refractivity (Wildman–Crippen MR) is 53.1 cm³/mol. The molecule has 3 heteroatoms. The summed E-state index contributed by atoms with van der Waals surface area (Å²) < 4.78 is 0. The Labute approximate surface area is 76.6 Å². The van der Waals surface area contributed by atoms with Crippen LogP contribution in [-0.4, -0.2) is 17.9 Å². The van der Waals surface area contributed by atoms with Gasteiger partial charge >= 0.3 is 0 Å². The fourth-order valence-corrected chi connectivity index (χ4v) is 1.21. The topological polar surface area (TPSA) is 35.8 Å². The first-order valence-corrected chi connectivity index (χ1v) is 4.10. The molecule has 66 valence electrons. The number of aromatic hydroxyl groups is 1. The lowest BCUT2D eigenvalue weighted by molar-refractivity contribution is 0.475. The van der Waals surface area contributed by atoms with Crippen molar-refractivity contribution in [3.63, 3.8) is 0 Å². The van der Waals surface area contributed by atoms with Gasteiger partial charge in [-0.1, -0.05) is 0 Å². The fraction of sp³-hybridized carbons (Fsp3) is 0.100. The molecule has 3 nitrogen and oxygen atoms in total. The van der Waals surface area contributed by atoms with Crippen LogP contribution in [0.4, 0.5) is 5.69 Å². The van der Waals surface area contributed by atoms with E-state index in [4.69, 9.17) is 5.11 Å². The lowest BCUT2D eigenvalue weighted by Gasteiger charge is -2.19. The second-order valence-corrected chi connectivity index (χ2v) is 2.80. The Bertz CT molecular complexity index is 340. The molecule has 0 unspecified atom stereocenters. The molecule has 1 aliphatic heterocycles. The molecule has 13 heavy (non-hydrogen) atoms. The number of phenols is 1. The Morgan fingerprint density at radius 3 is 2.62 bits per heavy atom. The predicted octanol–water partition coefficient (Wildman–Crippen LogP) is 1.75. The van der Waals surface area contributed by atoms with Crippen molar-refractivity contribution in [1.82, 2.24) is 0 Å². The summed E-state index contributed by atoms with van der Waals surface area (Å²) in [6.45, 7) is 0.779. The molecule has 0 atom stereocenters. The minimum absolute atomic E-state index is 0.290. The average molecular weight is 174 g/mol. The molecule has 2 rings (SSSR count). The summed E-state index contributed by atoms with van der Waals surface area (Å²) in [7, 11) is 0. The number of benzene rings is 1. The van der Waals surface area contributed by atoms with Crippen LogP contribution in [0.3, 0.4) is 0 Å². The van der Waals surface area contributed by atoms with E-state index in [9.17, 15) is 0 Å². The van der Waals surface area contributed by atoms with E-state index >= 15 is 0 Å². The third-order valence-electron chi connectivity index (χ3n) is 1.90. The molecule has 0 aliphatic carbocycles. The Morgan fingerprint density at radius 2 is 2.00 bits per heavy atom. The summed E-state index contributed by atoms with van der Waals surface area (Å²) in [5.41, 5.74) is 1.06. The number of anilines is 1. The zero-order valence-corrected chi connectivity index (χ0v) is 7.09. The number of hydrogen-bond donors (Lipinski definition) is 1. The third-order valence-corrected chi connectivity index (χ3v) is 1.90.